The van der Waals surface area contributed by atoms with Crippen molar-refractivity contribution in [3.63, 3.8) is 0 Å². The van der Waals surface area contributed by atoms with Crippen LogP contribution in [0.15, 0.2) is 12.4 Å². The van der Waals surface area contributed by atoms with E-state index in [1.165, 1.54) is 19.4 Å². The van der Waals surface area contributed by atoms with Gasteiger partial charge in [-0.3, -0.25) is 0 Å². The zero-order valence-corrected chi connectivity index (χ0v) is 10.1. The van der Waals surface area contributed by atoms with Gasteiger partial charge in [-0.15, -0.1) is 0 Å². The van der Waals surface area contributed by atoms with E-state index >= 15 is 0 Å². The minimum absolute atomic E-state index is 0.531. The molecule has 16 heavy (non-hydrogen) atoms. The molecule has 1 atom stereocenters. The van der Waals surface area contributed by atoms with Gasteiger partial charge in [-0.1, -0.05) is 6.92 Å². The van der Waals surface area contributed by atoms with Crippen molar-refractivity contribution in [3.05, 3.63) is 18.1 Å². The van der Waals surface area contributed by atoms with Crippen LogP contribution in [0.2, 0.25) is 0 Å². The number of rotatable bonds is 3. The Hall–Kier alpha value is -1.16. The maximum Gasteiger partial charge on any atom is 0.129 e. The van der Waals surface area contributed by atoms with E-state index in [2.05, 4.69) is 27.1 Å². The number of nitrogens with zero attached hydrogens (tertiary/aromatic N) is 3. The summed E-state index contributed by atoms with van der Waals surface area (Å²) in [6.07, 6.45) is 4.13. The highest BCUT2D eigenvalue weighted by molar-refractivity contribution is 5.35. The van der Waals surface area contributed by atoms with E-state index in [0.29, 0.717) is 6.04 Å². The van der Waals surface area contributed by atoms with Gasteiger partial charge in [0.1, 0.15) is 12.1 Å². The monoisotopic (exact) mass is 220 g/mol. The van der Waals surface area contributed by atoms with Crippen molar-refractivity contribution in [2.24, 2.45) is 0 Å². The first-order chi connectivity index (χ1) is 7.78. The number of hydrogen-bond acceptors (Lipinski definition) is 4. The van der Waals surface area contributed by atoms with Crippen molar-refractivity contribution < 1.29 is 0 Å². The number of anilines is 1. The zero-order valence-electron chi connectivity index (χ0n) is 10.1. The number of hydrogen-bond donors (Lipinski definition) is 1. The Labute approximate surface area is 97.1 Å². The van der Waals surface area contributed by atoms with Crippen LogP contribution in [0.4, 0.5) is 5.82 Å². The normalized spacial score (nSPS) is 22.0. The largest absolute Gasteiger partial charge is 0.366 e. The Morgan fingerprint density at radius 3 is 3.12 bits per heavy atom. The van der Waals surface area contributed by atoms with Gasteiger partial charge < -0.3 is 10.2 Å². The van der Waals surface area contributed by atoms with Crippen LogP contribution in [0.25, 0.3) is 0 Å². The van der Waals surface area contributed by atoms with Gasteiger partial charge in [0.05, 0.1) is 0 Å². The predicted molar refractivity (Wildman–Crippen MR) is 65.5 cm³/mol. The molecule has 1 N–H and O–H groups in total. The zero-order chi connectivity index (χ0) is 11.4. The average molecular weight is 220 g/mol. The van der Waals surface area contributed by atoms with Crippen LogP contribution in [0.1, 0.15) is 25.5 Å². The molecular weight excluding hydrogens is 200 g/mol. The molecule has 1 aromatic heterocycles. The van der Waals surface area contributed by atoms with Gasteiger partial charge in [-0.05, 0) is 32.9 Å². The van der Waals surface area contributed by atoms with Crippen molar-refractivity contribution in [2.45, 2.75) is 32.7 Å². The van der Waals surface area contributed by atoms with Crippen LogP contribution < -0.4 is 5.32 Å². The SMILES string of the molecule is CCN1CCCC(Nc2cc(C)ncn2)C1. The van der Waals surface area contributed by atoms with Crippen LogP contribution in [-0.2, 0) is 0 Å². The summed E-state index contributed by atoms with van der Waals surface area (Å²) >= 11 is 0. The molecule has 1 aromatic rings. The molecule has 1 saturated heterocycles. The summed E-state index contributed by atoms with van der Waals surface area (Å²) in [5.74, 6) is 0.954. The van der Waals surface area contributed by atoms with Crippen LogP contribution in [0.5, 0.6) is 0 Å². The molecule has 4 heteroatoms. The number of piperidine rings is 1. The molecule has 0 spiro atoms. The molecule has 0 aromatic carbocycles. The smallest absolute Gasteiger partial charge is 0.129 e. The third kappa shape index (κ3) is 2.92. The number of nitrogens with one attached hydrogen (secondary N) is 1. The van der Waals surface area contributed by atoms with E-state index in [-0.39, 0.29) is 0 Å². The topological polar surface area (TPSA) is 41.0 Å². The standard InChI is InChI=1S/C12H20N4/c1-3-16-6-4-5-11(8-16)15-12-7-10(2)13-9-14-12/h7,9,11H,3-6,8H2,1-2H3,(H,13,14,15). The number of likely N-dealkylation sites (tertiary alicyclic amines) is 1. The number of aryl methyl sites for hydroxylation is 1. The van der Waals surface area contributed by atoms with Crippen LogP contribution in [-0.4, -0.2) is 40.5 Å². The Morgan fingerprint density at radius 2 is 2.38 bits per heavy atom. The van der Waals surface area contributed by atoms with E-state index in [1.54, 1.807) is 6.33 Å². The summed E-state index contributed by atoms with van der Waals surface area (Å²) in [6.45, 7) is 7.71. The predicted octanol–water partition coefficient (Wildman–Crippen LogP) is 1.68. The van der Waals surface area contributed by atoms with Gasteiger partial charge in [-0.2, -0.15) is 0 Å². The van der Waals surface area contributed by atoms with E-state index in [1.807, 2.05) is 13.0 Å². The second-order valence-electron chi connectivity index (χ2n) is 4.42. The number of likely N-dealkylation sites (N-methyl/N-ethyl adjacent to an activating group) is 1. The average Bonchev–Trinajstić information content (AvgIpc) is 2.29. The van der Waals surface area contributed by atoms with Crippen LogP contribution in [0, 0.1) is 6.92 Å². The highest BCUT2D eigenvalue weighted by Crippen LogP contribution is 2.14. The summed E-state index contributed by atoms with van der Waals surface area (Å²) in [5, 5.41) is 3.49. The van der Waals surface area contributed by atoms with Crippen molar-refractivity contribution >= 4 is 5.82 Å². The Kier molecular flexibility index (Phi) is 3.72. The molecule has 1 unspecified atom stereocenters. The molecule has 0 amide bonds. The van der Waals surface area contributed by atoms with Gasteiger partial charge >= 0.3 is 0 Å². The summed E-state index contributed by atoms with van der Waals surface area (Å²) in [4.78, 5) is 10.8. The van der Waals surface area contributed by atoms with Gasteiger partial charge in [0.2, 0.25) is 0 Å². The van der Waals surface area contributed by atoms with Crippen LogP contribution >= 0.6 is 0 Å². The lowest BCUT2D eigenvalue weighted by Gasteiger charge is -2.32. The van der Waals surface area contributed by atoms with Crippen LogP contribution in [0.3, 0.4) is 0 Å². The second kappa shape index (κ2) is 5.25. The molecule has 0 saturated carbocycles. The first kappa shape index (κ1) is 11.3. The molecule has 0 bridgehead atoms. The van der Waals surface area contributed by atoms with Gasteiger partial charge in [0.25, 0.3) is 0 Å². The first-order valence-electron chi connectivity index (χ1n) is 6.05. The molecule has 1 fully saturated rings. The fourth-order valence-electron chi connectivity index (χ4n) is 2.20. The molecule has 1 aliphatic heterocycles. The fraction of sp³-hybridized carbons (Fsp3) is 0.667. The van der Waals surface area contributed by atoms with Crippen molar-refractivity contribution in [2.75, 3.05) is 25.0 Å². The molecule has 4 nitrogen and oxygen atoms in total. The Balaban J connectivity index is 1.94. The fourth-order valence-corrected chi connectivity index (χ4v) is 2.20. The highest BCUT2D eigenvalue weighted by Gasteiger charge is 2.18. The molecular formula is C12H20N4. The molecule has 1 aliphatic rings. The molecule has 0 aliphatic carbocycles. The van der Waals surface area contributed by atoms with Crippen molar-refractivity contribution in [1.29, 1.82) is 0 Å². The maximum atomic E-state index is 4.24. The van der Waals surface area contributed by atoms with E-state index in [4.69, 9.17) is 0 Å². The third-order valence-corrected chi connectivity index (χ3v) is 3.11. The van der Waals surface area contributed by atoms with Gasteiger partial charge in [0.15, 0.2) is 0 Å². The lowest BCUT2D eigenvalue weighted by Crippen LogP contribution is -2.41. The first-order valence-corrected chi connectivity index (χ1v) is 6.05. The lowest BCUT2D eigenvalue weighted by atomic mass is 10.1. The maximum absolute atomic E-state index is 4.24. The summed E-state index contributed by atoms with van der Waals surface area (Å²) in [5.41, 5.74) is 1.01. The Bertz CT molecular complexity index is 340. The van der Waals surface area contributed by atoms with E-state index < -0.39 is 0 Å². The van der Waals surface area contributed by atoms with Gasteiger partial charge in [0, 0.05) is 24.3 Å². The van der Waals surface area contributed by atoms with E-state index in [0.717, 1.165) is 24.6 Å². The van der Waals surface area contributed by atoms with Crippen molar-refractivity contribution in [1.82, 2.24) is 14.9 Å². The van der Waals surface area contributed by atoms with Crippen molar-refractivity contribution in [3.8, 4) is 0 Å². The third-order valence-electron chi connectivity index (χ3n) is 3.11. The minimum Gasteiger partial charge on any atom is -0.366 e. The number of aromatic nitrogens is 2. The Morgan fingerprint density at radius 1 is 1.50 bits per heavy atom. The summed E-state index contributed by atoms with van der Waals surface area (Å²) in [7, 11) is 0. The minimum atomic E-state index is 0.531. The quantitative estimate of drug-likeness (QED) is 0.841. The molecule has 2 rings (SSSR count). The molecule has 88 valence electrons. The summed E-state index contributed by atoms with van der Waals surface area (Å²) < 4.78 is 0. The highest BCUT2D eigenvalue weighted by atomic mass is 15.2. The second-order valence-corrected chi connectivity index (χ2v) is 4.42. The van der Waals surface area contributed by atoms with Gasteiger partial charge in [-0.25, -0.2) is 9.97 Å². The summed E-state index contributed by atoms with van der Waals surface area (Å²) in [6, 6.07) is 2.54. The molecule has 0 radical (unpaired) electrons. The molecule has 2 heterocycles. The van der Waals surface area contributed by atoms with E-state index in [9.17, 15) is 0 Å². The lowest BCUT2D eigenvalue weighted by molar-refractivity contribution is 0.226.